The Bertz CT molecular complexity index is 413. The molecule has 2 rings (SSSR count). The first-order valence-electron chi connectivity index (χ1n) is 6.82. The molecular weight excluding hydrogens is 260 g/mol. The van der Waals surface area contributed by atoms with Gasteiger partial charge in [0.2, 0.25) is 0 Å². The predicted octanol–water partition coefficient (Wildman–Crippen LogP) is 2.71. The summed E-state index contributed by atoms with van der Waals surface area (Å²) >= 11 is 6.26. The summed E-state index contributed by atoms with van der Waals surface area (Å²) < 4.78 is 5.39. The van der Waals surface area contributed by atoms with Gasteiger partial charge >= 0.3 is 0 Å². The van der Waals surface area contributed by atoms with E-state index in [1.165, 1.54) is 5.56 Å². The van der Waals surface area contributed by atoms with Crippen LogP contribution in [-0.2, 0) is 4.74 Å². The molecule has 1 fully saturated rings. The third kappa shape index (κ3) is 3.69. The monoisotopic (exact) mass is 282 g/mol. The van der Waals surface area contributed by atoms with E-state index >= 15 is 0 Å². The quantitative estimate of drug-likeness (QED) is 0.899. The molecule has 1 aromatic carbocycles. The van der Waals surface area contributed by atoms with E-state index in [2.05, 4.69) is 30.3 Å². The first-order valence-corrected chi connectivity index (χ1v) is 7.20. The second-order valence-corrected chi connectivity index (χ2v) is 5.74. The van der Waals surface area contributed by atoms with Gasteiger partial charge in [-0.15, -0.1) is 0 Å². The molecule has 3 nitrogen and oxygen atoms in total. The van der Waals surface area contributed by atoms with E-state index in [1.54, 1.807) is 7.11 Å². The molecule has 3 atom stereocenters. The van der Waals surface area contributed by atoms with Crippen LogP contribution in [0, 0.1) is 0 Å². The zero-order chi connectivity index (χ0) is 13.8. The van der Waals surface area contributed by atoms with Gasteiger partial charge in [0.25, 0.3) is 0 Å². The number of rotatable bonds is 5. The topological polar surface area (TPSA) is 24.5 Å². The molecule has 1 aliphatic rings. The summed E-state index contributed by atoms with van der Waals surface area (Å²) in [4.78, 5) is 2.34. The number of benzene rings is 1. The molecule has 3 unspecified atom stereocenters. The van der Waals surface area contributed by atoms with E-state index in [-0.39, 0.29) is 0 Å². The van der Waals surface area contributed by atoms with Crippen LogP contribution < -0.4 is 5.32 Å². The Balaban J connectivity index is 1.93. The standard InChI is InChI=1S/C15H23ClN2O/c1-11(14-6-4-5-7-15(14)16)18(2)10-12-8-13(19-3)9-17-12/h4-7,11-13,17H,8-10H2,1-3H3. The molecule has 0 radical (unpaired) electrons. The van der Waals surface area contributed by atoms with Crippen LogP contribution in [0.15, 0.2) is 24.3 Å². The molecular formula is C15H23ClN2O. The first-order chi connectivity index (χ1) is 9.11. The molecule has 1 aromatic rings. The molecule has 19 heavy (non-hydrogen) atoms. The second-order valence-electron chi connectivity index (χ2n) is 5.34. The van der Waals surface area contributed by atoms with Crippen LogP contribution in [0.5, 0.6) is 0 Å². The second kappa shape index (κ2) is 6.71. The number of ether oxygens (including phenoxy) is 1. The van der Waals surface area contributed by atoms with E-state index in [1.807, 2.05) is 18.2 Å². The highest BCUT2D eigenvalue weighted by molar-refractivity contribution is 6.31. The Morgan fingerprint density at radius 2 is 2.21 bits per heavy atom. The molecule has 0 spiro atoms. The third-order valence-electron chi connectivity index (χ3n) is 4.04. The Hall–Kier alpha value is -0.610. The zero-order valence-electron chi connectivity index (χ0n) is 11.9. The highest BCUT2D eigenvalue weighted by Gasteiger charge is 2.26. The largest absolute Gasteiger partial charge is 0.380 e. The molecule has 1 heterocycles. The molecule has 0 aromatic heterocycles. The lowest BCUT2D eigenvalue weighted by Crippen LogP contribution is -2.36. The Morgan fingerprint density at radius 3 is 2.84 bits per heavy atom. The van der Waals surface area contributed by atoms with Gasteiger partial charge in [-0.05, 0) is 32.0 Å². The van der Waals surface area contributed by atoms with Crippen molar-refractivity contribution in [1.82, 2.24) is 10.2 Å². The number of hydrogen-bond donors (Lipinski definition) is 1. The van der Waals surface area contributed by atoms with E-state index in [9.17, 15) is 0 Å². The Morgan fingerprint density at radius 1 is 1.47 bits per heavy atom. The molecule has 0 amide bonds. The van der Waals surface area contributed by atoms with Gasteiger partial charge in [0.05, 0.1) is 6.10 Å². The Kier molecular flexibility index (Phi) is 5.22. The lowest BCUT2D eigenvalue weighted by atomic mass is 10.1. The SMILES string of the molecule is COC1CNC(CN(C)C(C)c2ccccc2Cl)C1. The zero-order valence-corrected chi connectivity index (χ0v) is 12.7. The van der Waals surface area contributed by atoms with Gasteiger partial charge in [0, 0.05) is 37.3 Å². The van der Waals surface area contributed by atoms with Gasteiger partial charge in [-0.25, -0.2) is 0 Å². The molecule has 4 heteroatoms. The number of methoxy groups -OCH3 is 1. The highest BCUT2D eigenvalue weighted by atomic mass is 35.5. The summed E-state index contributed by atoms with van der Waals surface area (Å²) in [5, 5.41) is 4.35. The normalized spacial score (nSPS) is 24.9. The summed E-state index contributed by atoms with van der Waals surface area (Å²) in [6, 6.07) is 8.89. The minimum absolute atomic E-state index is 0.317. The fourth-order valence-electron chi connectivity index (χ4n) is 2.66. The maximum Gasteiger partial charge on any atom is 0.0711 e. The predicted molar refractivity (Wildman–Crippen MR) is 79.7 cm³/mol. The smallest absolute Gasteiger partial charge is 0.0711 e. The molecule has 0 bridgehead atoms. The van der Waals surface area contributed by atoms with Crippen molar-refractivity contribution in [3.8, 4) is 0 Å². The van der Waals surface area contributed by atoms with Crippen molar-refractivity contribution < 1.29 is 4.74 Å². The number of likely N-dealkylation sites (N-methyl/N-ethyl adjacent to an activating group) is 1. The van der Waals surface area contributed by atoms with E-state index in [0.29, 0.717) is 18.2 Å². The van der Waals surface area contributed by atoms with Crippen LogP contribution in [-0.4, -0.2) is 44.3 Å². The third-order valence-corrected chi connectivity index (χ3v) is 4.38. The van der Waals surface area contributed by atoms with Crippen molar-refractivity contribution in [1.29, 1.82) is 0 Å². The fraction of sp³-hybridized carbons (Fsp3) is 0.600. The van der Waals surface area contributed by atoms with E-state index in [4.69, 9.17) is 16.3 Å². The average Bonchev–Trinajstić information content (AvgIpc) is 2.86. The molecule has 1 N–H and O–H groups in total. The summed E-state index contributed by atoms with van der Waals surface area (Å²) in [5.74, 6) is 0. The molecule has 1 saturated heterocycles. The van der Waals surface area contributed by atoms with Crippen LogP contribution in [0.3, 0.4) is 0 Å². The molecule has 0 saturated carbocycles. The van der Waals surface area contributed by atoms with Gasteiger partial charge in [0.15, 0.2) is 0 Å². The Labute approximate surface area is 120 Å². The average molecular weight is 283 g/mol. The maximum atomic E-state index is 6.26. The van der Waals surface area contributed by atoms with Crippen LogP contribution in [0.2, 0.25) is 5.02 Å². The van der Waals surface area contributed by atoms with Crippen LogP contribution >= 0.6 is 11.6 Å². The van der Waals surface area contributed by atoms with Gasteiger partial charge < -0.3 is 10.1 Å². The van der Waals surface area contributed by atoms with Crippen LogP contribution in [0.25, 0.3) is 0 Å². The fourth-order valence-corrected chi connectivity index (χ4v) is 2.95. The van der Waals surface area contributed by atoms with Gasteiger partial charge in [-0.2, -0.15) is 0 Å². The highest BCUT2D eigenvalue weighted by Crippen LogP contribution is 2.26. The number of nitrogens with zero attached hydrogens (tertiary/aromatic N) is 1. The van der Waals surface area contributed by atoms with Crippen molar-refractivity contribution in [3.05, 3.63) is 34.9 Å². The minimum Gasteiger partial charge on any atom is -0.380 e. The minimum atomic E-state index is 0.317. The molecule has 1 aliphatic heterocycles. The van der Waals surface area contributed by atoms with Gasteiger partial charge in [-0.1, -0.05) is 29.8 Å². The van der Waals surface area contributed by atoms with Crippen molar-refractivity contribution in [2.24, 2.45) is 0 Å². The van der Waals surface area contributed by atoms with Crippen molar-refractivity contribution in [2.75, 3.05) is 27.2 Å². The van der Waals surface area contributed by atoms with E-state index < -0.39 is 0 Å². The lowest BCUT2D eigenvalue weighted by molar-refractivity contribution is 0.115. The summed E-state index contributed by atoms with van der Waals surface area (Å²) in [6.45, 7) is 4.16. The molecule has 0 aliphatic carbocycles. The molecule has 106 valence electrons. The van der Waals surface area contributed by atoms with Gasteiger partial charge in [0.1, 0.15) is 0 Å². The first kappa shape index (κ1) is 14.8. The number of hydrogen-bond acceptors (Lipinski definition) is 3. The summed E-state index contributed by atoms with van der Waals surface area (Å²) in [5.41, 5.74) is 1.19. The van der Waals surface area contributed by atoms with Crippen LogP contribution in [0.1, 0.15) is 24.9 Å². The van der Waals surface area contributed by atoms with Crippen molar-refractivity contribution in [2.45, 2.75) is 31.5 Å². The van der Waals surface area contributed by atoms with Crippen LogP contribution in [0.4, 0.5) is 0 Å². The van der Waals surface area contributed by atoms with Crippen molar-refractivity contribution >= 4 is 11.6 Å². The maximum absolute atomic E-state index is 6.26. The lowest BCUT2D eigenvalue weighted by Gasteiger charge is -2.28. The number of nitrogens with one attached hydrogen (secondary N) is 1. The van der Waals surface area contributed by atoms with Gasteiger partial charge in [-0.3, -0.25) is 4.90 Å². The summed E-state index contributed by atoms with van der Waals surface area (Å²) in [7, 11) is 3.93. The number of halogens is 1. The van der Waals surface area contributed by atoms with Crippen molar-refractivity contribution in [3.63, 3.8) is 0 Å². The summed E-state index contributed by atoms with van der Waals surface area (Å²) in [6.07, 6.45) is 1.44. The van der Waals surface area contributed by atoms with E-state index in [0.717, 1.165) is 24.5 Å².